The van der Waals surface area contributed by atoms with Crippen molar-refractivity contribution in [3.05, 3.63) is 54.0 Å². The highest BCUT2D eigenvalue weighted by molar-refractivity contribution is 14.1. The average molecular weight is 432 g/mol. The lowest BCUT2D eigenvalue weighted by Crippen LogP contribution is -2.06. The predicted octanol–water partition coefficient (Wildman–Crippen LogP) is 4.38. The molecule has 3 nitrogen and oxygen atoms in total. The van der Waals surface area contributed by atoms with E-state index < -0.39 is 5.97 Å². The molecule has 1 heterocycles. The van der Waals surface area contributed by atoms with Gasteiger partial charge in [-0.3, -0.25) is 4.79 Å². The number of ketones is 1. The third-order valence-corrected chi connectivity index (χ3v) is 5.36. The van der Waals surface area contributed by atoms with E-state index in [0.717, 1.165) is 3.57 Å². The maximum absolute atomic E-state index is 14.0. The Balaban J connectivity index is 2.52. The SMILES string of the molecule is COC(=O)c1c(Cc2ccc(I)cc2F)sc(C(C)=O)c1C. The molecule has 2 aromatic rings. The summed E-state index contributed by atoms with van der Waals surface area (Å²) in [4.78, 5) is 24.9. The van der Waals surface area contributed by atoms with Crippen LogP contribution in [0.25, 0.3) is 0 Å². The molecule has 1 aromatic carbocycles. The van der Waals surface area contributed by atoms with Crippen molar-refractivity contribution in [3.63, 3.8) is 0 Å². The number of carbonyl (C=O) groups is 2. The third kappa shape index (κ3) is 3.38. The van der Waals surface area contributed by atoms with Gasteiger partial charge in [-0.2, -0.15) is 0 Å². The summed E-state index contributed by atoms with van der Waals surface area (Å²) in [5.74, 6) is -0.928. The van der Waals surface area contributed by atoms with Crippen LogP contribution in [0, 0.1) is 16.3 Å². The van der Waals surface area contributed by atoms with Crippen molar-refractivity contribution in [2.45, 2.75) is 20.3 Å². The van der Waals surface area contributed by atoms with E-state index in [-0.39, 0.29) is 18.0 Å². The molecule has 116 valence electrons. The lowest BCUT2D eigenvalue weighted by atomic mass is 10.0. The summed E-state index contributed by atoms with van der Waals surface area (Å²) in [6, 6.07) is 4.95. The van der Waals surface area contributed by atoms with Gasteiger partial charge in [-0.05, 0) is 59.7 Å². The summed E-state index contributed by atoms with van der Waals surface area (Å²) in [5.41, 5.74) is 1.46. The highest BCUT2D eigenvalue weighted by Crippen LogP contribution is 2.31. The molecule has 0 spiro atoms. The molecule has 0 aliphatic rings. The van der Waals surface area contributed by atoms with Crippen molar-refractivity contribution in [1.29, 1.82) is 0 Å². The van der Waals surface area contributed by atoms with Crippen LogP contribution in [0.4, 0.5) is 4.39 Å². The monoisotopic (exact) mass is 432 g/mol. The first-order chi connectivity index (χ1) is 10.3. The molecular weight excluding hydrogens is 418 g/mol. The van der Waals surface area contributed by atoms with E-state index in [1.807, 2.05) is 28.7 Å². The van der Waals surface area contributed by atoms with E-state index >= 15 is 0 Å². The zero-order valence-electron chi connectivity index (χ0n) is 12.3. The Kier molecular flexibility index (Phi) is 5.33. The number of esters is 1. The van der Waals surface area contributed by atoms with Gasteiger partial charge < -0.3 is 4.74 Å². The maximum atomic E-state index is 14.0. The Morgan fingerprint density at radius 1 is 1.36 bits per heavy atom. The molecule has 0 saturated heterocycles. The topological polar surface area (TPSA) is 43.4 Å². The summed E-state index contributed by atoms with van der Waals surface area (Å²) in [7, 11) is 1.29. The smallest absolute Gasteiger partial charge is 0.339 e. The number of benzene rings is 1. The van der Waals surface area contributed by atoms with Gasteiger partial charge in [0.2, 0.25) is 0 Å². The molecule has 22 heavy (non-hydrogen) atoms. The van der Waals surface area contributed by atoms with E-state index in [1.54, 1.807) is 13.0 Å². The van der Waals surface area contributed by atoms with E-state index in [0.29, 0.717) is 26.4 Å². The Morgan fingerprint density at radius 3 is 2.59 bits per heavy atom. The van der Waals surface area contributed by atoms with Crippen LogP contribution in [0.15, 0.2) is 18.2 Å². The van der Waals surface area contributed by atoms with Gasteiger partial charge in [0.25, 0.3) is 0 Å². The molecule has 0 aliphatic heterocycles. The van der Waals surface area contributed by atoms with Gasteiger partial charge in [0, 0.05) is 14.9 Å². The molecule has 0 bridgehead atoms. The third-order valence-electron chi connectivity index (χ3n) is 3.30. The first kappa shape index (κ1) is 17.1. The van der Waals surface area contributed by atoms with Gasteiger partial charge in [-0.25, -0.2) is 9.18 Å². The largest absolute Gasteiger partial charge is 0.465 e. The molecule has 0 fully saturated rings. The van der Waals surface area contributed by atoms with Crippen LogP contribution in [0.5, 0.6) is 0 Å². The zero-order chi connectivity index (χ0) is 16.4. The van der Waals surface area contributed by atoms with Crippen LogP contribution in [-0.2, 0) is 11.2 Å². The van der Waals surface area contributed by atoms with Crippen molar-refractivity contribution < 1.29 is 18.7 Å². The van der Waals surface area contributed by atoms with Gasteiger partial charge in [-0.15, -0.1) is 11.3 Å². The second kappa shape index (κ2) is 6.87. The summed E-state index contributed by atoms with van der Waals surface area (Å²) in [6.45, 7) is 3.17. The molecule has 0 saturated carbocycles. The number of methoxy groups -OCH3 is 1. The molecule has 1 aromatic heterocycles. The molecule has 0 amide bonds. The van der Waals surface area contributed by atoms with E-state index in [9.17, 15) is 14.0 Å². The Hall–Kier alpha value is -1.28. The van der Waals surface area contributed by atoms with Gasteiger partial charge >= 0.3 is 5.97 Å². The minimum absolute atomic E-state index is 0.109. The number of hydrogen-bond acceptors (Lipinski definition) is 4. The Morgan fingerprint density at radius 2 is 2.05 bits per heavy atom. The fourth-order valence-corrected chi connectivity index (χ4v) is 3.91. The predicted molar refractivity (Wildman–Crippen MR) is 92.3 cm³/mol. The molecule has 2 rings (SSSR count). The van der Waals surface area contributed by atoms with E-state index in [1.165, 1.54) is 31.4 Å². The summed E-state index contributed by atoms with van der Waals surface area (Å²) in [5, 5.41) is 0. The van der Waals surface area contributed by atoms with E-state index in [2.05, 4.69) is 0 Å². The minimum atomic E-state index is -0.498. The fraction of sp³-hybridized carbons (Fsp3) is 0.250. The second-order valence-corrected chi connectivity index (χ2v) is 7.17. The first-order valence-electron chi connectivity index (χ1n) is 6.50. The van der Waals surface area contributed by atoms with Crippen molar-refractivity contribution in [2.75, 3.05) is 7.11 Å². The summed E-state index contributed by atoms with van der Waals surface area (Å²) in [6.07, 6.45) is 0.256. The highest BCUT2D eigenvalue weighted by Gasteiger charge is 2.24. The zero-order valence-corrected chi connectivity index (χ0v) is 15.3. The molecule has 6 heteroatoms. The second-order valence-electron chi connectivity index (χ2n) is 4.81. The van der Waals surface area contributed by atoms with Crippen molar-refractivity contribution >= 4 is 45.7 Å². The summed E-state index contributed by atoms with van der Waals surface area (Å²) < 4.78 is 19.6. The van der Waals surface area contributed by atoms with Crippen LogP contribution >= 0.6 is 33.9 Å². The van der Waals surface area contributed by atoms with Crippen molar-refractivity contribution in [3.8, 4) is 0 Å². The minimum Gasteiger partial charge on any atom is -0.465 e. The van der Waals surface area contributed by atoms with Crippen molar-refractivity contribution in [2.24, 2.45) is 0 Å². The van der Waals surface area contributed by atoms with Crippen LogP contribution in [-0.4, -0.2) is 18.9 Å². The van der Waals surface area contributed by atoms with Crippen LogP contribution in [0.2, 0.25) is 0 Å². The Labute approximate surface area is 145 Å². The standard InChI is InChI=1S/C16H14FIO3S/c1-8-14(16(20)21-3)13(22-15(8)9(2)19)6-10-4-5-11(18)7-12(10)17/h4-5,7H,6H2,1-3H3. The van der Waals surface area contributed by atoms with Gasteiger partial charge in [0.15, 0.2) is 5.78 Å². The lowest BCUT2D eigenvalue weighted by molar-refractivity contribution is 0.0599. The van der Waals surface area contributed by atoms with Crippen LogP contribution < -0.4 is 0 Å². The van der Waals surface area contributed by atoms with Crippen LogP contribution in [0.3, 0.4) is 0 Å². The van der Waals surface area contributed by atoms with Crippen molar-refractivity contribution in [1.82, 2.24) is 0 Å². The maximum Gasteiger partial charge on any atom is 0.339 e. The molecule has 0 N–H and O–H groups in total. The lowest BCUT2D eigenvalue weighted by Gasteiger charge is -2.05. The number of hydrogen-bond donors (Lipinski definition) is 0. The quantitative estimate of drug-likeness (QED) is 0.409. The number of Topliss-reactive ketones (excluding diaryl/α,β-unsaturated/α-hetero) is 1. The Bertz CT molecular complexity index is 752. The summed E-state index contributed by atoms with van der Waals surface area (Å²) >= 11 is 3.27. The molecule has 0 radical (unpaired) electrons. The number of rotatable bonds is 4. The molecular formula is C16H14FIO3S. The average Bonchev–Trinajstić information content (AvgIpc) is 2.78. The fourth-order valence-electron chi connectivity index (χ4n) is 2.24. The van der Waals surface area contributed by atoms with Gasteiger partial charge in [0.1, 0.15) is 5.82 Å². The van der Waals surface area contributed by atoms with Crippen LogP contribution in [0.1, 0.15) is 43.0 Å². The first-order valence-corrected chi connectivity index (χ1v) is 8.40. The normalized spacial score (nSPS) is 10.6. The number of carbonyl (C=O) groups excluding carboxylic acids is 2. The highest BCUT2D eigenvalue weighted by atomic mass is 127. The number of halogens is 2. The number of thiophene rings is 1. The molecule has 0 atom stereocenters. The molecule has 0 aliphatic carbocycles. The number of ether oxygens (including phenoxy) is 1. The molecule has 0 unspecified atom stereocenters. The van der Waals surface area contributed by atoms with Gasteiger partial charge in [0.05, 0.1) is 17.6 Å². The van der Waals surface area contributed by atoms with Gasteiger partial charge in [-0.1, -0.05) is 6.07 Å². The van der Waals surface area contributed by atoms with E-state index in [4.69, 9.17) is 4.74 Å².